The molecule has 0 radical (unpaired) electrons. The number of benzene rings is 1. The first kappa shape index (κ1) is 24.1. The number of amides is 1. The van der Waals surface area contributed by atoms with Gasteiger partial charge in [0.15, 0.2) is 0 Å². The Morgan fingerprint density at radius 2 is 1.80 bits per heavy atom. The molecule has 0 bridgehead atoms. The molecule has 168 valence electrons. The number of halogens is 1. The van der Waals surface area contributed by atoms with Gasteiger partial charge in [-0.3, -0.25) is 4.79 Å². The van der Waals surface area contributed by atoms with Gasteiger partial charge in [0.1, 0.15) is 17.0 Å². The Bertz CT molecular complexity index is 766. The second kappa shape index (κ2) is 9.33. The van der Waals surface area contributed by atoms with Crippen LogP contribution >= 0.6 is 0 Å². The summed E-state index contributed by atoms with van der Waals surface area (Å²) in [5.41, 5.74) is -0.345. The first-order chi connectivity index (χ1) is 13.8. The van der Waals surface area contributed by atoms with E-state index in [-0.39, 0.29) is 18.9 Å². The number of carbonyl (C=O) groups is 2. The Morgan fingerprint density at radius 1 is 1.17 bits per heavy atom. The lowest BCUT2D eigenvalue weighted by molar-refractivity contribution is -0.162. The Labute approximate surface area is 178 Å². The van der Waals surface area contributed by atoms with Gasteiger partial charge in [0.05, 0.1) is 12.5 Å². The molecular weight excluding hydrogens is 389 g/mol. The smallest absolute Gasteiger partial charge is 0.410 e. The standard InChI is InChI=1S/C23H34FNO5/c1-22(2,3)29-20(27)18(12-17-11-15(14-26)7-8-19(17)24)16-9-10-25(13-16)21(28)30-23(4,5)6/h7-8,11,16,18,26H,9-10,12-14H2,1-6H3/t16-,18-/m0/s1. The van der Waals surface area contributed by atoms with Crippen molar-refractivity contribution in [1.29, 1.82) is 0 Å². The van der Waals surface area contributed by atoms with Crippen molar-refractivity contribution in [2.45, 2.75) is 72.2 Å². The van der Waals surface area contributed by atoms with E-state index in [9.17, 15) is 19.1 Å². The van der Waals surface area contributed by atoms with E-state index in [1.807, 2.05) is 0 Å². The molecule has 1 heterocycles. The number of nitrogens with zero attached hydrogens (tertiary/aromatic N) is 1. The summed E-state index contributed by atoms with van der Waals surface area (Å²) in [6.07, 6.45) is 0.327. The summed E-state index contributed by atoms with van der Waals surface area (Å²) < 4.78 is 25.5. The maximum atomic E-state index is 14.4. The summed E-state index contributed by atoms with van der Waals surface area (Å²) in [6.45, 7) is 11.4. The maximum Gasteiger partial charge on any atom is 0.410 e. The topological polar surface area (TPSA) is 76.1 Å². The van der Waals surface area contributed by atoms with Gasteiger partial charge in [0.25, 0.3) is 0 Å². The molecule has 0 aliphatic carbocycles. The van der Waals surface area contributed by atoms with Crippen LogP contribution in [0.3, 0.4) is 0 Å². The molecule has 6 nitrogen and oxygen atoms in total. The van der Waals surface area contributed by atoms with Crippen LogP contribution in [0, 0.1) is 17.7 Å². The van der Waals surface area contributed by atoms with Crippen LogP contribution < -0.4 is 0 Å². The van der Waals surface area contributed by atoms with Crippen molar-refractivity contribution < 1.29 is 28.6 Å². The highest BCUT2D eigenvalue weighted by molar-refractivity contribution is 5.74. The van der Waals surface area contributed by atoms with Crippen molar-refractivity contribution >= 4 is 12.1 Å². The predicted molar refractivity (Wildman–Crippen MR) is 111 cm³/mol. The molecule has 1 aliphatic rings. The molecule has 1 aromatic rings. The van der Waals surface area contributed by atoms with E-state index in [0.717, 1.165) is 0 Å². The van der Waals surface area contributed by atoms with Crippen molar-refractivity contribution in [3.63, 3.8) is 0 Å². The van der Waals surface area contributed by atoms with Crippen molar-refractivity contribution in [2.24, 2.45) is 11.8 Å². The SMILES string of the molecule is CC(C)(C)OC(=O)[C@@H](Cc1cc(CO)ccc1F)[C@H]1CCN(C(=O)OC(C)(C)C)C1. The second-order valence-electron chi connectivity index (χ2n) is 9.90. The normalized spacial score (nSPS) is 18.3. The van der Waals surface area contributed by atoms with Crippen LogP contribution in [-0.4, -0.2) is 46.4 Å². The largest absolute Gasteiger partial charge is 0.460 e. The van der Waals surface area contributed by atoms with Gasteiger partial charge in [0, 0.05) is 13.1 Å². The number of aliphatic hydroxyl groups is 1. The first-order valence-corrected chi connectivity index (χ1v) is 10.4. The summed E-state index contributed by atoms with van der Waals surface area (Å²) in [7, 11) is 0. The Kier molecular flexibility index (Phi) is 7.50. The number of hydrogen-bond acceptors (Lipinski definition) is 5. The van der Waals surface area contributed by atoms with Gasteiger partial charge in [-0.1, -0.05) is 12.1 Å². The lowest BCUT2D eigenvalue weighted by atomic mass is 9.85. The van der Waals surface area contributed by atoms with Gasteiger partial charge in [-0.05, 0) is 77.5 Å². The number of likely N-dealkylation sites (tertiary alicyclic amines) is 1. The monoisotopic (exact) mass is 423 g/mol. The van der Waals surface area contributed by atoms with Gasteiger partial charge in [-0.2, -0.15) is 0 Å². The molecule has 1 amide bonds. The Balaban J connectivity index is 2.23. The minimum Gasteiger partial charge on any atom is -0.460 e. The molecular formula is C23H34FNO5. The first-order valence-electron chi connectivity index (χ1n) is 10.4. The fraction of sp³-hybridized carbons (Fsp3) is 0.652. The van der Waals surface area contributed by atoms with Crippen LogP contribution in [-0.2, 0) is 27.3 Å². The number of ether oxygens (including phenoxy) is 2. The minimum absolute atomic E-state index is 0.140. The number of esters is 1. The molecule has 1 aromatic carbocycles. The number of carbonyl (C=O) groups excluding carboxylic acids is 2. The van der Waals surface area contributed by atoms with Gasteiger partial charge in [-0.15, -0.1) is 0 Å². The van der Waals surface area contributed by atoms with Crippen LogP contribution in [0.15, 0.2) is 18.2 Å². The third-order valence-electron chi connectivity index (χ3n) is 4.89. The van der Waals surface area contributed by atoms with Crippen LogP contribution in [0.5, 0.6) is 0 Å². The Morgan fingerprint density at radius 3 is 2.37 bits per heavy atom. The van der Waals surface area contributed by atoms with E-state index in [4.69, 9.17) is 9.47 Å². The minimum atomic E-state index is -0.676. The number of aliphatic hydroxyl groups excluding tert-OH is 1. The summed E-state index contributed by atoms with van der Waals surface area (Å²) in [4.78, 5) is 27.0. The highest BCUT2D eigenvalue weighted by Crippen LogP contribution is 2.31. The zero-order valence-electron chi connectivity index (χ0n) is 18.8. The molecule has 7 heteroatoms. The van der Waals surface area contributed by atoms with Crippen LogP contribution in [0.4, 0.5) is 9.18 Å². The molecule has 0 unspecified atom stereocenters. The molecule has 0 saturated carbocycles. The fourth-order valence-corrected chi connectivity index (χ4v) is 3.55. The Hall–Kier alpha value is -2.15. The van der Waals surface area contributed by atoms with Gasteiger partial charge >= 0.3 is 12.1 Å². The number of hydrogen-bond donors (Lipinski definition) is 1. The van der Waals surface area contributed by atoms with E-state index < -0.39 is 35.0 Å². The highest BCUT2D eigenvalue weighted by Gasteiger charge is 2.39. The third kappa shape index (κ3) is 6.97. The molecule has 2 rings (SSSR count). The molecule has 1 aliphatic heterocycles. The third-order valence-corrected chi connectivity index (χ3v) is 4.89. The lowest BCUT2D eigenvalue weighted by Crippen LogP contribution is -2.38. The molecule has 1 N–H and O–H groups in total. The van der Waals surface area contributed by atoms with E-state index in [1.165, 1.54) is 12.1 Å². The molecule has 1 saturated heterocycles. The van der Waals surface area contributed by atoms with Crippen molar-refractivity contribution in [1.82, 2.24) is 4.90 Å². The average Bonchev–Trinajstić information content (AvgIpc) is 3.07. The summed E-state index contributed by atoms with van der Waals surface area (Å²) in [5, 5.41) is 9.38. The zero-order valence-corrected chi connectivity index (χ0v) is 18.8. The zero-order chi connectivity index (χ0) is 22.7. The second-order valence-corrected chi connectivity index (χ2v) is 9.90. The van der Waals surface area contributed by atoms with E-state index in [2.05, 4.69) is 0 Å². The van der Waals surface area contributed by atoms with Crippen LogP contribution in [0.25, 0.3) is 0 Å². The summed E-state index contributed by atoms with van der Waals surface area (Å²) in [6, 6.07) is 4.39. The van der Waals surface area contributed by atoms with E-state index in [0.29, 0.717) is 30.6 Å². The van der Waals surface area contributed by atoms with Crippen molar-refractivity contribution in [3.8, 4) is 0 Å². The molecule has 0 aromatic heterocycles. The van der Waals surface area contributed by atoms with Gasteiger partial charge in [-0.25, -0.2) is 9.18 Å². The van der Waals surface area contributed by atoms with Crippen LogP contribution in [0.1, 0.15) is 59.1 Å². The van der Waals surface area contributed by atoms with Gasteiger partial charge < -0.3 is 19.5 Å². The predicted octanol–water partition coefficient (Wildman–Crippen LogP) is 4.08. The quantitative estimate of drug-likeness (QED) is 0.723. The van der Waals surface area contributed by atoms with Gasteiger partial charge in [0.2, 0.25) is 0 Å². The summed E-state index contributed by atoms with van der Waals surface area (Å²) in [5.74, 6) is -1.63. The maximum absolute atomic E-state index is 14.4. The molecule has 30 heavy (non-hydrogen) atoms. The highest BCUT2D eigenvalue weighted by atomic mass is 19.1. The number of rotatable bonds is 5. The molecule has 2 atom stereocenters. The molecule has 0 spiro atoms. The van der Waals surface area contributed by atoms with Crippen molar-refractivity contribution in [2.75, 3.05) is 13.1 Å². The van der Waals surface area contributed by atoms with Crippen molar-refractivity contribution in [3.05, 3.63) is 35.1 Å². The van der Waals surface area contributed by atoms with E-state index >= 15 is 0 Å². The fourth-order valence-electron chi connectivity index (χ4n) is 3.55. The van der Waals surface area contributed by atoms with Crippen LogP contribution in [0.2, 0.25) is 0 Å². The lowest BCUT2D eigenvalue weighted by Gasteiger charge is -2.28. The van der Waals surface area contributed by atoms with E-state index in [1.54, 1.807) is 52.5 Å². The average molecular weight is 424 g/mol. The summed E-state index contributed by atoms with van der Waals surface area (Å²) >= 11 is 0. The molecule has 1 fully saturated rings.